The Morgan fingerprint density at radius 3 is 2.07 bits per heavy atom. The van der Waals surface area contributed by atoms with Crippen LogP contribution in [-0.4, -0.2) is 41.7 Å². The van der Waals surface area contributed by atoms with Crippen LogP contribution < -0.4 is 10.8 Å². The smallest absolute Gasteiger partial charge is 0.267 e. The minimum atomic E-state index is -1.08. The largest absolute Gasteiger partial charge is 0.326 e. The van der Waals surface area contributed by atoms with E-state index in [1.165, 1.54) is 14.0 Å². The summed E-state index contributed by atoms with van der Waals surface area (Å²) >= 11 is 0. The molecule has 8 nitrogen and oxygen atoms in total. The quantitative estimate of drug-likeness (QED) is 0.583. The van der Waals surface area contributed by atoms with Gasteiger partial charge in [0.05, 0.1) is 18.2 Å². The van der Waals surface area contributed by atoms with Gasteiger partial charge >= 0.3 is 0 Å². The Morgan fingerprint density at radius 2 is 1.57 bits per heavy atom. The number of nitrogens with one attached hydrogen (secondary N) is 2. The Morgan fingerprint density at radius 1 is 1.00 bits per heavy atom. The van der Waals surface area contributed by atoms with Gasteiger partial charge in [-0.3, -0.25) is 28.9 Å². The summed E-state index contributed by atoms with van der Waals surface area (Å²) in [5.74, 6) is -1.85. The molecule has 0 spiro atoms. The Bertz CT molecular complexity index is 904. The normalized spacial score (nSPS) is 13.9. The molecule has 0 aromatic heterocycles. The van der Waals surface area contributed by atoms with Gasteiger partial charge in [0, 0.05) is 19.0 Å². The van der Waals surface area contributed by atoms with Gasteiger partial charge in [-0.1, -0.05) is 24.3 Å². The van der Waals surface area contributed by atoms with Gasteiger partial charge in [-0.25, -0.2) is 5.48 Å². The molecule has 2 aromatic carbocycles. The zero-order valence-corrected chi connectivity index (χ0v) is 15.4. The Hall–Kier alpha value is -3.52. The fraction of sp³-hybridized carbons (Fsp3) is 0.200. The molecule has 1 heterocycles. The van der Waals surface area contributed by atoms with Crippen molar-refractivity contribution in [3.05, 3.63) is 65.2 Å². The lowest BCUT2D eigenvalue weighted by Crippen LogP contribution is -2.50. The molecule has 3 rings (SSSR count). The second-order valence-electron chi connectivity index (χ2n) is 6.29. The summed E-state index contributed by atoms with van der Waals surface area (Å²) in [7, 11) is 1.28. The zero-order chi connectivity index (χ0) is 20.3. The SMILES string of the molecule is CONC(=O)C(Cc1ccc(NC(C)=O)cc1)N1C(=O)c2ccccc2C1=O. The van der Waals surface area contributed by atoms with Gasteiger partial charge in [-0.2, -0.15) is 0 Å². The molecule has 2 N–H and O–H groups in total. The zero-order valence-electron chi connectivity index (χ0n) is 15.4. The summed E-state index contributed by atoms with van der Waals surface area (Å²) in [4.78, 5) is 54.9. The molecule has 0 saturated heterocycles. The lowest BCUT2D eigenvalue weighted by atomic mass is 10.0. The van der Waals surface area contributed by atoms with Crippen molar-refractivity contribution >= 4 is 29.3 Å². The Balaban J connectivity index is 1.88. The van der Waals surface area contributed by atoms with E-state index in [-0.39, 0.29) is 23.5 Å². The number of hydrogen-bond acceptors (Lipinski definition) is 5. The average molecular weight is 381 g/mol. The van der Waals surface area contributed by atoms with Crippen molar-refractivity contribution < 1.29 is 24.0 Å². The predicted octanol–water partition coefficient (Wildman–Crippen LogP) is 1.53. The molecule has 0 fully saturated rings. The van der Waals surface area contributed by atoms with Gasteiger partial charge in [0.15, 0.2) is 0 Å². The molecular formula is C20H19N3O5. The second kappa shape index (κ2) is 8.01. The molecule has 1 aliphatic rings. The molecule has 4 amide bonds. The van der Waals surface area contributed by atoms with Crippen LogP contribution in [0.2, 0.25) is 0 Å². The first-order valence-electron chi connectivity index (χ1n) is 8.58. The van der Waals surface area contributed by atoms with E-state index in [2.05, 4.69) is 10.8 Å². The molecule has 1 aliphatic heterocycles. The van der Waals surface area contributed by atoms with E-state index in [9.17, 15) is 19.2 Å². The van der Waals surface area contributed by atoms with E-state index in [1.54, 1.807) is 48.5 Å². The summed E-state index contributed by atoms with van der Waals surface area (Å²) in [6.45, 7) is 1.40. The number of carbonyl (C=O) groups is 4. The van der Waals surface area contributed by atoms with Crippen molar-refractivity contribution in [2.75, 3.05) is 12.4 Å². The fourth-order valence-electron chi connectivity index (χ4n) is 3.11. The molecule has 144 valence electrons. The molecule has 0 aliphatic carbocycles. The van der Waals surface area contributed by atoms with Gasteiger partial charge in [-0.05, 0) is 29.8 Å². The number of fused-ring (bicyclic) bond motifs is 1. The number of hydroxylamine groups is 1. The first kappa shape index (κ1) is 19.2. The topological polar surface area (TPSA) is 105 Å². The van der Waals surface area contributed by atoms with Crippen LogP contribution in [0.15, 0.2) is 48.5 Å². The highest BCUT2D eigenvalue weighted by Crippen LogP contribution is 2.26. The van der Waals surface area contributed by atoms with Crippen molar-refractivity contribution in [3.63, 3.8) is 0 Å². The van der Waals surface area contributed by atoms with Gasteiger partial charge in [0.25, 0.3) is 17.7 Å². The number of hydrogen-bond donors (Lipinski definition) is 2. The number of anilines is 1. The molecule has 8 heteroatoms. The minimum absolute atomic E-state index is 0.0982. The highest BCUT2D eigenvalue weighted by molar-refractivity contribution is 6.22. The second-order valence-corrected chi connectivity index (χ2v) is 6.29. The molecular weight excluding hydrogens is 362 g/mol. The number of imide groups is 1. The van der Waals surface area contributed by atoms with Crippen molar-refractivity contribution in [3.8, 4) is 0 Å². The monoisotopic (exact) mass is 381 g/mol. The summed E-state index contributed by atoms with van der Waals surface area (Å²) in [6, 6.07) is 12.2. The van der Waals surface area contributed by atoms with Crippen LogP contribution in [0.5, 0.6) is 0 Å². The number of nitrogens with zero attached hydrogens (tertiary/aromatic N) is 1. The Kier molecular flexibility index (Phi) is 5.51. The van der Waals surface area contributed by atoms with Gasteiger partial charge in [0.2, 0.25) is 5.91 Å². The average Bonchev–Trinajstić information content (AvgIpc) is 2.92. The molecule has 1 atom stereocenters. The third-order valence-corrected chi connectivity index (χ3v) is 4.35. The first-order chi connectivity index (χ1) is 13.4. The van der Waals surface area contributed by atoms with Crippen molar-refractivity contribution in [2.24, 2.45) is 0 Å². The van der Waals surface area contributed by atoms with Crippen molar-refractivity contribution in [2.45, 2.75) is 19.4 Å². The van der Waals surface area contributed by atoms with Crippen LogP contribution in [0.1, 0.15) is 33.2 Å². The van der Waals surface area contributed by atoms with Crippen LogP contribution in [0.25, 0.3) is 0 Å². The van der Waals surface area contributed by atoms with E-state index >= 15 is 0 Å². The minimum Gasteiger partial charge on any atom is -0.326 e. The summed E-state index contributed by atoms with van der Waals surface area (Å²) in [6.07, 6.45) is 0.0982. The molecule has 1 unspecified atom stereocenters. The maximum Gasteiger partial charge on any atom is 0.267 e. The third kappa shape index (κ3) is 3.77. The van der Waals surface area contributed by atoms with Gasteiger partial charge in [-0.15, -0.1) is 0 Å². The van der Waals surface area contributed by atoms with Crippen LogP contribution in [0.4, 0.5) is 5.69 Å². The van der Waals surface area contributed by atoms with Gasteiger partial charge in [0.1, 0.15) is 6.04 Å². The summed E-state index contributed by atoms with van der Waals surface area (Å²) in [5.41, 5.74) is 4.06. The van der Waals surface area contributed by atoms with E-state index in [0.29, 0.717) is 11.3 Å². The van der Waals surface area contributed by atoms with Crippen LogP contribution in [-0.2, 0) is 20.8 Å². The van der Waals surface area contributed by atoms with Gasteiger partial charge < -0.3 is 5.32 Å². The maximum atomic E-state index is 12.8. The molecule has 2 aromatic rings. The molecule has 28 heavy (non-hydrogen) atoms. The van der Waals surface area contributed by atoms with E-state index in [1.807, 2.05) is 0 Å². The highest BCUT2D eigenvalue weighted by atomic mass is 16.6. The van der Waals surface area contributed by atoms with Crippen molar-refractivity contribution in [1.82, 2.24) is 10.4 Å². The molecule has 0 radical (unpaired) electrons. The van der Waals surface area contributed by atoms with E-state index in [0.717, 1.165) is 4.90 Å². The highest BCUT2D eigenvalue weighted by Gasteiger charge is 2.42. The van der Waals surface area contributed by atoms with Crippen LogP contribution >= 0.6 is 0 Å². The summed E-state index contributed by atoms with van der Waals surface area (Å²) in [5, 5.41) is 2.65. The van der Waals surface area contributed by atoms with E-state index in [4.69, 9.17) is 4.84 Å². The number of rotatable bonds is 6. The number of benzene rings is 2. The summed E-state index contributed by atoms with van der Waals surface area (Å²) < 4.78 is 0. The standard InChI is InChI=1S/C20H19N3O5/c1-12(24)21-14-9-7-13(8-10-14)11-17(18(25)22-28-2)23-19(26)15-5-3-4-6-16(15)20(23)27/h3-10,17H,11H2,1-2H3,(H,21,24)(H,22,25). The lowest BCUT2D eigenvalue weighted by molar-refractivity contribution is -0.135. The molecule has 0 bridgehead atoms. The van der Waals surface area contributed by atoms with E-state index < -0.39 is 23.8 Å². The van der Waals surface area contributed by atoms with Crippen LogP contribution in [0, 0.1) is 0 Å². The fourth-order valence-corrected chi connectivity index (χ4v) is 3.11. The lowest BCUT2D eigenvalue weighted by Gasteiger charge is -2.25. The predicted molar refractivity (Wildman–Crippen MR) is 100 cm³/mol. The maximum absolute atomic E-state index is 12.8. The Labute approximate surface area is 161 Å². The number of carbonyl (C=O) groups excluding carboxylic acids is 4. The first-order valence-corrected chi connectivity index (χ1v) is 8.58. The van der Waals surface area contributed by atoms with Crippen LogP contribution in [0.3, 0.4) is 0 Å². The number of amides is 4. The third-order valence-electron chi connectivity index (χ3n) is 4.35. The van der Waals surface area contributed by atoms with Crippen molar-refractivity contribution in [1.29, 1.82) is 0 Å². The molecule has 0 saturated carbocycles.